The highest BCUT2D eigenvalue weighted by Crippen LogP contribution is 2.36. The molecule has 0 aromatic heterocycles. The summed E-state index contributed by atoms with van der Waals surface area (Å²) in [5.41, 5.74) is 0.807. The van der Waals surface area contributed by atoms with Crippen molar-refractivity contribution in [3.63, 3.8) is 0 Å². The van der Waals surface area contributed by atoms with Gasteiger partial charge >= 0.3 is 0 Å². The predicted molar refractivity (Wildman–Crippen MR) is 75.3 cm³/mol. The van der Waals surface area contributed by atoms with Gasteiger partial charge < -0.3 is 9.74 Å². The molecule has 1 aromatic carbocycles. The van der Waals surface area contributed by atoms with Gasteiger partial charge in [0.1, 0.15) is 12.6 Å². The molecule has 0 atom stereocenters. The fourth-order valence-electron chi connectivity index (χ4n) is 2.25. The molecule has 1 aliphatic carbocycles. The van der Waals surface area contributed by atoms with E-state index in [1.807, 2.05) is 0 Å². The van der Waals surface area contributed by atoms with E-state index in [4.69, 9.17) is 0 Å². The number of hydrogen-bond acceptors (Lipinski definition) is 4. The molecule has 5 heteroatoms. The Balaban J connectivity index is 2.13. The number of amides is 1. The Morgan fingerprint density at radius 1 is 1.45 bits per heavy atom. The van der Waals surface area contributed by atoms with Crippen molar-refractivity contribution < 1.29 is 9.63 Å². The molecule has 0 bridgehead atoms. The second kappa shape index (κ2) is 5.74. The summed E-state index contributed by atoms with van der Waals surface area (Å²) in [5.74, 6) is -0.124. The summed E-state index contributed by atoms with van der Waals surface area (Å²) in [7, 11) is 3.17. The van der Waals surface area contributed by atoms with Crippen LogP contribution >= 0.6 is 0 Å². The van der Waals surface area contributed by atoms with Crippen molar-refractivity contribution in [3.05, 3.63) is 35.4 Å². The van der Waals surface area contributed by atoms with Gasteiger partial charge in [-0.15, -0.1) is 0 Å². The zero-order valence-electron chi connectivity index (χ0n) is 11.7. The molecule has 1 amide bonds. The van der Waals surface area contributed by atoms with Crippen molar-refractivity contribution in [2.45, 2.75) is 24.8 Å². The lowest BCUT2D eigenvalue weighted by atomic mass is 9.76. The van der Waals surface area contributed by atoms with Gasteiger partial charge in [-0.2, -0.15) is 5.26 Å². The Kier molecular flexibility index (Phi) is 4.04. The van der Waals surface area contributed by atoms with Crippen molar-refractivity contribution in [1.82, 2.24) is 4.90 Å². The Bertz CT molecular complexity index is 553. The van der Waals surface area contributed by atoms with E-state index in [-0.39, 0.29) is 5.91 Å². The van der Waals surface area contributed by atoms with Gasteiger partial charge in [-0.25, -0.2) is 0 Å². The number of carbonyl (C=O) groups excluding carboxylic acids is 1. The SMILES string of the molecule is CO/N=C/c1ccc(C(=O)N(C)C2(C#N)CCC2)cc1. The smallest absolute Gasteiger partial charge is 0.254 e. The molecule has 104 valence electrons. The van der Waals surface area contributed by atoms with Crippen molar-refractivity contribution in [2.75, 3.05) is 14.2 Å². The monoisotopic (exact) mass is 271 g/mol. The van der Waals surface area contributed by atoms with Gasteiger partial charge in [0.2, 0.25) is 0 Å². The van der Waals surface area contributed by atoms with Crippen LogP contribution in [-0.4, -0.2) is 36.7 Å². The molecule has 1 saturated carbocycles. The first-order chi connectivity index (χ1) is 9.63. The lowest BCUT2D eigenvalue weighted by Gasteiger charge is -2.42. The van der Waals surface area contributed by atoms with Gasteiger partial charge in [-0.05, 0) is 37.0 Å². The van der Waals surface area contributed by atoms with E-state index < -0.39 is 5.54 Å². The third kappa shape index (κ3) is 2.50. The van der Waals surface area contributed by atoms with Crippen LogP contribution in [0.15, 0.2) is 29.4 Å². The van der Waals surface area contributed by atoms with Crippen molar-refractivity contribution >= 4 is 12.1 Å². The largest absolute Gasteiger partial charge is 0.399 e. The normalized spacial score (nSPS) is 16.2. The molecule has 1 aromatic rings. The van der Waals surface area contributed by atoms with Crippen LogP contribution in [0.2, 0.25) is 0 Å². The molecule has 20 heavy (non-hydrogen) atoms. The Hall–Kier alpha value is -2.35. The van der Waals surface area contributed by atoms with Crippen LogP contribution in [0.5, 0.6) is 0 Å². The number of rotatable bonds is 4. The quantitative estimate of drug-likeness (QED) is 0.622. The van der Waals surface area contributed by atoms with Gasteiger partial charge in [0.25, 0.3) is 5.91 Å². The van der Waals surface area contributed by atoms with Crippen molar-refractivity contribution in [1.29, 1.82) is 5.26 Å². The average Bonchev–Trinajstić information content (AvgIpc) is 2.44. The number of nitriles is 1. The number of oxime groups is 1. The van der Waals surface area contributed by atoms with E-state index in [0.717, 1.165) is 24.8 Å². The molecule has 2 rings (SSSR count). The van der Waals surface area contributed by atoms with Crippen LogP contribution in [0.1, 0.15) is 35.2 Å². The molecule has 1 aliphatic rings. The highest BCUT2D eigenvalue weighted by molar-refractivity contribution is 5.95. The topological polar surface area (TPSA) is 65.7 Å². The van der Waals surface area contributed by atoms with Gasteiger partial charge in [0.05, 0.1) is 12.3 Å². The molecular formula is C15H17N3O2. The number of benzene rings is 1. The van der Waals surface area contributed by atoms with Crippen LogP contribution in [0.25, 0.3) is 0 Å². The van der Waals surface area contributed by atoms with Gasteiger partial charge in [0, 0.05) is 12.6 Å². The molecule has 1 fully saturated rings. The first-order valence-electron chi connectivity index (χ1n) is 6.49. The highest BCUT2D eigenvalue weighted by Gasteiger charge is 2.43. The molecule has 0 heterocycles. The summed E-state index contributed by atoms with van der Waals surface area (Å²) in [6.45, 7) is 0. The van der Waals surface area contributed by atoms with E-state index in [0.29, 0.717) is 5.56 Å². The average molecular weight is 271 g/mol. The number of hydrogen-bond donors (Lipinski definition) is 0. The minimum absolute atomic E-state index is 0.124. The predicted octanol–water partition coefficient (Wildman–Crippen LogP) is 2.19. The van der Waals surface area contributed by atoms with E-state index in [1.165, 1.54) is 7.11 Å². The summed E-state index contributed by atoms with van der Waals surface area (Å²) < 4.78 is 0. The molecule has 0 N–H and O–H groups in total. The summed E-state index contributed by atoms with van der Waals surface area (Å²) in [6.07, 6.45) is 4.08. The summed E-state index contributed by atoms with van der Waals surface area (Å²) in [6, 6.07) is 9.33. The highest BCUT2D eigenvalue weighted by atomic mass is 16.6. The standard InChI is InChI=1S/C15H17N3O2/c1-18(15(11-16)8-3-9-15)14(19)13-6-4-12(5-7-13)10-17-20-2/h4-7,10H,3,8-9H2,1-2H3/b17-10+. The van der Waals surface area contributed by atoms with Crippen LogP contribution < -0.4 is 0 Å². The molecule has 5 nitrogen and oxygen atoms in total. The first kappa shape index (κ1) is 14.1. The fraction of sp³-hybridized carbons (Fsp3) is 0.400. The van der Waals surface area contributed by atoms with Crippen LogP contribution in [0.3, 0.4) is 0 Å². The lowest BCUT2D eigenvalue weighted by Crippen LogP contribution is -2.53. The molecular weight excluding hydrogens is 254 g/mol. The number of carbonyl (C=O) groups is 1. The van der Waals surface area contributed by atoms with E-state index in [9.17, 15) is 10.1 Å². The maximum atomic E-state index is 12.4. The van der Waals surface area contributed by atoms with Crippen molar-refractivity contribution in [3.8, 4) is 6.07 Å². The molecule has 0 radical (unpaired) electrons. The maximum absolute atomic E-state index is 12.4. The third-order valence-corrected chi connectivity index (χ3v) is 3.80. The van der Waals surface area contributed by atoms with Crippen LogP contribution in [0, 0.1) is 11.3 Å². The minimum atomic E-state index is -0.618. The second-order valence-corrected chi connectivity index (χ2v) is 4.90. The van der Waals surface area contributed by atoms with E-state index in [1.54, 1.807) is 42.4 Å². The zero-order chi connectivity index (χ0) is 14.6. The lowest BCUT2D eigenvalue weighted by molar-refractivity contribution is 0.0497. The Labute approximate surface area is 118 Å². The summed E-state index contributed by atoms with van der Waals surface area (Å²) >= 11 is 0. The van der Waals surface area contributed by atoms with E-state index in [2.05, 4.69) is 16.1 Å². The summed E-state index contributed by atoms with van der Waals surface area (Å²) in [4.78, 5) is 18.6. The molecule has 0 unspecified atom stereocenters. The number of nitrogens with zero attached hydrogens (tertiary/aromatic N) is 3. The maximum Gasteiger partial charge on any atom is 0.254 e. The Morgan fingerprint density at radius 3 is 2.55 bits per heavy atom. The fourth-order valence-corrected chi connectivity index (χ4v) is 2.25. The van der Waals surface area contributed by atoms with Gasteiger partial charge in [0.15, 0.2) is 0 Å². The zero-order valence-corrected chi connectivity index (χ0v) is 11.7. The first-order valence-corrected chi connectivity index (χ1v) is 6.49. The van der Waals surface area contributed by atoms with Crippen LogP contribution in [0.4, 0.5) is 0 Å². The third-order valence-electron chi connectivity index (χ3n) is 3.80. The second-order valence-electron chi connectivity index (χ2n) is 4.90. The van der Waals surface area contributed by atoms with Gasteiger partial charge in [-0.3, -0.25) is 4.79 Å². The molecule has 0 saturated heterocycles. The summed E-state index contributed by atoms with van der Waals surface area (Å²) in [5, 5.41) is 12.9. The minimum Gasteiger partial charge on any atom is -0.399 e. The van der Waals surface area contributed by atoms with Crippen molar-refractivity contribution in [2.24, 2.45) is 5.16 Å². The van der Waals surface area contributed by atoms with E-state index >= 15 is 0 Å². The molecule has 0 aliphatic heterocycles. The Morgan fingerprint density at radius 2 is 2.10 bits per heavy atom. The van der Waals surface area contributed by atoms with Crippen LogP contribution in [-0.2, 0) is 4.84 Å². The van der Waals surface area contributed by atoms with Gasteiger partial charge in [-0.1, -0.05) is 17.3 Å². The molecule has 0 spiro atoms.